The first kappa shape index (κ1) is 14.1. The van der Waals surface area contributed by atoms with E-state index in [2.05, 4.69) is 15.9 Å². The summed E-state index contributed by atoms with van der Waals surface area (Å²) in [5, 5.41) is 0. The first-order chi connectivity index (χ1) is 9.66. The number of hydrogen-bond donors (Lipinski definition) is 0. The van der Waals surface area contributed by atoms with Crippen molar-refractivity contribution in [3.05, 3.63) is 45.3 Å². The molecule has 0 aromatic heterocycles. The maximum absolute atomic E-state index is 12.7. The predicted molar refractivity (Wildman–Crippen MR) is 83.0 cm³/mol. The molecule has 2 nitrogen and oxygen atoms in total. The van der Waals surface area contributed by atoms with Gasteiger partial charge in [0.1, 0.15) is 7.85 Å². The zero-order valence-corrected chi connectivity index (χ0v) is 12.9. The number of ketones is 1. The van der Waals surface area contributed by atoms with Crippen LogP contribution in [-0.2, 0) is 4.74 Å². The van der Waals surface area contributed by atoms with E-state index in [0.717, 1.165) is 53.4 Å². The fourth-order valence-corrected chi connectivity index (χ4v) is 3.43. The molecule has 1 aromatic rings. The molecule has 0 saturated carbocycles. The van der Waals surface area contributed by atoms with Gasteiger partial charge >= 0.3 is 0 Å². The van der Waals surface area contributed by atoms with Gasteiger partial charge in [-0.25, -0.2) is 0 Å². The highest BCUT2D eigenvalue weighted by Crippen LogP contribution is 2.38. The van der Waals surface area contributed by atoms with E-state index in [1.807, 2.05) is 24.3 Å². The molecule has 1 aliphatic carbocycles. The third-order valence-electron chi connectivity index (χ3n) is 4.17. The summed E-state index contributed by atoms with van der Waals surface area (Å²) in [5.41, 5.74) is 2.67. The maximum atomic E-state index is 12.7. The Morgan fingerprint density at radius 2 is 2.00 bits per heavy atom. The van der Waals surface area contributed by atoms with Gasteiger partial charge in [-0.15, -0.1) is 5.47 Å². The second kappa shape index (κ2) is 5.86. The molecule has 1 aliphatic heterocycles. The standard InChI is InChI=1S/C16H16BBrO2/c17-13-8-7-12(15(13)14-2-1-9-20-14)16(19)10-3-5-11(18)6-4-10/h3-6,12,14H,1-2,7-9H2. The van der Waals surface area contributed by atoms with E-state index >= 15 is 0 Å². The minimum absolute atomic E-state index is 0.0573. The molecule has 4 heteroatoms. The van der Waals surface area contributed by atoms with Crippen molar-refractivity contribution in [1.29, 1.82) is 0 Å². The molecule has 1 heterocycles. The van der Waals surface area contributed by atoms with Crippen molar-refractivity contribution in [2.75, 3.05) is 6.61 Å². The normalized spacial score (nSPS) is 26.2. The Labute approximate surface area is 129 Å². The number of ether oxygens (including phenoxy) is 1. The van der Waals surface area contributed by atoms with E-state index in [1.54, 1.807) is 0 Å². The third-order valence-corrected chi connectivity index (χ3v) is 4.70. The lowest BCUT2D eigenvalue weighted by atomic mass is 9.84. The Morgan fingerprint density at radius 3 is 2.65 bits per heavy atom. The summed E-state index contributed by atoms with van der Waals surface area (Å²) in [4.78, 5) is 12.7. The second-order valence-corrected chi connectivity index (χ2v) is 6.36. The average molecular weight is 331 g/mol. The lowest BCUT2D eigenvalue weighted by Gasteiger charge is -2.20. The van der Waals surface area contributed by atoms with E-state index in [0.29, 0.717) is 0 Å². The number of hydrogen-bond acceptors (Lipinski definition) is 2. The van der Waals surface area contributed by atoms with Gasteiger partial charge in [0.05, 0.1) is 6.10 Å². The first-order valence-electron chi connectivity index (χ1n) is 7.06. The van der Waals surface area contributed by atoms with Gasteiger partial charge in [-0.3, -0.25) is 4.79 Å². The highest BCUT2D eigenvalue weighted by atomic mass is 79.9. The lowest BCUT2D eigenvalue weighted by molar-refractivity contribution is 0.0894. The predicted octanol–water partition coefficient (Wildman–Crippen LogP) is 3.64. The minimum atomic E-state index is -0.0979. The molecular weight excluding hydrogens is 315 g/mol. The van der Waals surface area contributed by atoms with E-state index < -0.39 is 0 Å². The van der Waals surface area contributed by atoms with Crippen LogP contribution in [0.4, 0.5) is 0 Å². The summed E-state index contributed by atoms with van der Waals surface area (Å²) >= 11 is 3.39. The van der Waals surface area contributed by atoms with Crippen LogP contribution in [-0.4, -0.2) is 26.3 Å². The Hall–Kier alpha value is -0.865. The summed E-state index contributed by atoms with van der Waals surface area (Å²) < 4.78 is 6.73. The summed E-state index contributed by atoms with van der Waals surface area (Å²) in [7, 11) is 6.13. The van der Waals surface area contributed by atoms with Gasteiger partial charge in [-0.2, -0.15) is 0 Å². The van der Waals surface area contributed by atoms with Crippen LogP contribution in [0.2, 0.25) is 0 Å². The van der Waals surface area contributed by atoms with Gasteiger partial charge in [0.25, 0.3) is 0 Å². The summed E-state index contributed by atoms with van der Waals surface area (Å²) in [6.07, 6.45) is 3.72. The average Bonchev–Trinajstić information content (AvgIpc) is 3.07. The number of benzene rings is 1. The van der Waals surface area contributed by atoms with Crippen molar-refractivity contribution in [3.8, 4) is 0 Å². The van der Waals surface area contributed by atoms with Crippen LogP contribution >= 0.6 is 15.9 Å². The van der Waals surface area contributed by atoms with Gasteiger partial charge in [-0.1, -0.05) is 28.1 Å². The molecule has 2 aliphatic rings. The van der Waals surface area contributed by atoms with Crippen molar-refractivity contribution in [1.82, 2.24) is 0 Å². The number of rotatable bonds is 3. The smallest absolute Gasteiger partial charge is 0.170 e. The van der Waals surface area contributed by atoms with Crippen molar-refractivity contribution in [2.24, 2.45) is 5.92 Å². The second-order valence-electron chi connectivity index (χ2n) is 5.44. The Balaban J connectivity index is 1.85. The molecule has 1 aromatic carbocycles. The van der Waals surface area contributed by atoms with Crippen molar-refractivity contribution < 1.29 is 9.53 Å². The van der Waals surface area contributed by atoms with Gasteiger partial charge in [0.15, 0.2) is 5.78 Å². The molecular formula is C16H16BBrO2. The molecule has 0 bridgehead atoms. The van der Waals surface area contributed by atoms with Crippen LogP contribution in [0.1, 0.15) is 36.0 Å². The van der Waals surface area contributed by atoms with Gasteiger partial charge in [-0.05, 0) is 43.4 Å². The summed E-state index contributed by atoms with van der Waals surface area (Å²) in [6, 6.07) is 7.55. The highest BCUT2D eigenvalue weighted by molar-refractivity contribution is 9.10. The van der Waals surface area contributed by atoms with Crippen LogP contribution < -0.4 is 0 Å². The summed E-state index contributed by atoms with van der Waals surface area (Å²) in [6.45, 7) is 0.778. The van der Waals surface area contributed by atoms with Gasteiger partial charge in [0.2, 0.25) is 0 Å². The first-order valence-corrected chi connectivity index (χ1v) is 7.86. The number of halogens is 1. The van der Waals surface area contributed by atoms with Crippen LogP contribution in [0.5, 0.6) is 0 Å². The van der Waals surface area contributed by atoms with Gasteiger partial charge in [0, 0.05) is 22.6 Å². The van der Waals surface area contributed by atoms with E-state index in [9.17, 15) is 4.79 Å². The molecule has 0 amide bonds. The molecule has 2 atom stereocenters. The zero-order chi connectivity index (χ0) is 14.1. The van der Waals surface area contributed by atoms with E-state index in [-0.39, 0.29) is 17.8 Å². The third kappa shape index (κ3) is 2.64. The monoisotopic (exact) mass is 330 g/mol. The number of allylic oxidation sites excluding steroid dienone is 1. The number of carbonyl (C=O) groups is 1. The van der Waals surface area contributed by atoms with Gasteiger partial charge < -0.3 is 4.74 Å². The Kier molecular flexibility index (Phi) is 4.13. The lowest BCUT2D eigenvalue weighted by Crippen LogP contribution is -2.22. The number of Topliss-reactive ketones (excluding diaryl/α,β-unsaturated/α-hetero) is 1. The molecule has 0 spiro atoms. The van der Waals surface area contributed by atoms with Crippen LogP contribution in [0.25, 0.3) is 0 Å². The molecule has 1 saturated heterocycles. The minimum Gasteiger partial charge on any atom is -0.374 e. The van der Waals surface area contributed by atoms with Crippen molar-refractivity contribution in [2.45, 2.75) is 31.8 Å². The van der Waals surface area contributed by atoms with Crippen LogP contribution in [0.3, 0.4) is 0 Å². The molecule has 2 radical (unpaired) electrons. The maximum Gasteiger partial charge on any atom is 0.170 e. The zero-order valence-electron chi connectivity index (χ0n) is 11.3. The van der Waals surface area contributed by atoms with Crippen LogP contribution in [0, 0.1) is 5.92 Å². The fourth-order valence-electron chi connectivity index (χ4n) is 3.17. The van der Waals surface area contributed by atoms with Crippen LogP contribution in [0.15, 0.2) is 39.8 Å². The highest BCUT2D eigenvalue weighted by Gasteiger charge is 2.35. The fraction of sp³-hybridized carbons (Fsp3) is 0.438. The number of carbonyl (C=O) groups excluding carboxylic acids is 1. The molecule has 0 N–H and O–H groups in total. The molecule has 102 valence electrons. The topological polar surface area (TPSA) is 26.3 Å². The molecule has 2 unspecified atom stereocenters. The van der Waals surface area contributed by atoms with E-state index in [4.69, 9.17) is 12.6 Å². The molecule has 1 fully saturated rings. The van der Waals surface area contributed by atoms with Crippen molar-refractivity contribution >= 4 is 29.6 Å². The SMILES string of the molecule is [B]C1=C(C2CCCO2)C(C(=O)c2ccc(Br)cc2)CC1. The Morgan fingerprint density at radius 1 is 1.25 bits per heavy atom. The Bertz CT molecular complexity index is 544. The summed E-state index contributed by atoms with van der Waals surface area (Å²) in [5.74, 6) is 0.0720. The molecule has 20 heavy (non-hydrogen) atoms. The largest absolute Gasteiger partial charge is 0.374 e. The quantitative estimate of drug-likeness (QED) is 0.624. The van der Waals surface area contributed by atoms with Crippen molar-refractivity contribution in [3.63, 3.8) is 0 Å². The molecule has 3 rings (SSSR count). The van der Waals surface area contributed by atoms with E-state index in [1.165, 1.54) is 0 Å².